The minimum Gasteiger partial charge on any atom is -0.326 e. The topological polar surface area (TPSA) is 78.9 Å². The van der Waals surface area contributed by atoms with Crippen molar-refractivity contribution in [3.05, 3.63) is 0 Å². The van der Waals surface area contributed by atoms with Crippen LogP contribution >= 0.6 is 0 Å². The van der Waals surface area contributed by atoms with Crippen LogP contribution in [0.4, 0.5) is 4.79 Å². The minimum absolute atomic E-state index is 0.00694. The molecule has 1 atom stereocenters. The van der Waals surface area contributed by atoms with Crippen LogP contribution in [0.5, 0.6) is 0 Å². The number of aliphatic imine (C=N–C) groups is 1. The Morgan fingerprint density at radius 2 is 2.54 bits per heavy atom. The molecule has 6 heteroatoms. The van der Waals surface area contributed by atoms with Crippen LogP contribution in [-0.4, -0.2) is 53.4 Å². The first kappa shape index (κ1) is 10.1. The van der Waals surface area contributed by atoms with E-state index in [0.29, 0.717) is 24.7 Å². The van der Waals surface area contributed by atoms with Gasteiger partial charge in [-0.05, 0) is 6.92 Å². The van der Waals surface area contributed by atoms with E-state index in [1.54, 1.807) is 6.34 Å². The van der Waals surface area contributed by atoms with Crippen LogP contribution in [0.25, 0.3) is 0 Å². The second kappa shape index (κ2) is 3.82. The number of urea groups is 1. The van der Waals surface area contributed by atoms with Gasteiger partial charge in [0, 0.05) is 6.54 Å². The van der Waals surface area contributed by atoms with E-state index in [0.717, 1.165) is 0 Å². The maximum absolute atomic E-state index is 11.6. The summed E-state index contributed by atoms with van der Waals surface area (Å²) in [5, 5.41) is 9.81. The summed E-state index contributed by atoms with van der Waals surface area (Å²) in [6, 6.07) is -0.358. The molecule has 0 aromatic carbocycles. The zero-order valence-corrected chi connectivity index (χ0v) is 7.68. The molecule has 0 aromatic rings. The average molecular weight is 187 g/mol. The summed E-state index contributed by atoms with van der Waals surface area (Å²) in [5.74, 6) is 0. The molecule has 1 unspecified atom stereocenters. The highest BCUT2D eigenvalue weighted by molar-refractivity contribution is 5.76. The smallest absolute Gasteiger partial charge is 0.326 e. The molecule has 2 amide bonds. The van der Waals surface area contributed by atoms with Crippen molar-refractivity contribution < 1.29 is 14.5 Å². The average Bonchev–Trinajstić information content (AvgIpc) is 2.13. The summed E-state index contributed by atoms with van der Waals surface area (Å²) in [6.07, 6.45) is 1.56. The van der Waals surface area contributed by atoms with E-state index in [2.05, 4.69) is 4.99 Å². The van der Waals surface area contributed by atoms with Crippen molar-refractivity contribution in [3.63, 3.8) is 0 Å². The van der Waals surface area contributed by atoms with Crippen molar-refractivity contribution in [3.8, 4) is 0 Å². The number of hydrogen-bond acceptors (Lipinski definition) is 4. The summed E-state index contributed by atoms with van der Waals surface area (Å²) < 4.78 is 0.00694. The Hall–Kier alpha value is -0.980. The fourth-order valence-electron chi connectivity index (χ4n) is 1.37. The fourth-order valence-corrected chi connectivity index (χ4v) is 1.37. The van der Waals surface area contributed by atoms with Crippen molar-refractivity contribution in [1.29, 1.82) is 0 Å². The maximum Gasteiger partial charge on any atom is 0.450 e. The normalized spacial score (nSPS) is 28.2. The van der Waals surface area contributed by atoms with Crippen molar-refractivity contribution in [2.75, 3.05) is 26.3 Å². The maximum atomic E-state index is 11.6. The molecule has 6 nitrogen and oxygen atoms in total. The van der Waals surface area contributed by atoms with Gasteiger partial charge in [0.05, 0.1) is 6.54 Å². The minimum atomic E-state index is -0.358. The number of nitrogens with two attached hydrogens (primary N) is 1. The van der Waals surface area contributed by atoms with E-state index < -0.39 is 0 Å². The summed E-state index contributed by atoms with van der Waals surface area (Å²) in [4.78, 5) is 15.5. The second-order valence-electron chi connectivity index (χ2n) is 2.98. The van der Waals surface area contributed by atoms with Gasteiger partial charge in [0.2, 0.25) is 0 Å². The number of amides is 2. The molecule has 0 saturated heterocycles. The zero-order valence-electron chi connectivity index (χ0n) is 7.68. The predicted molar refractivity (Wildman–Crippen MR) is 47.1 cm³/mol. The number of carbonyl (C=O) groups excluding carboxylic acids is 1. The second-order valence-corrected chi connectivity index (χ2v) is 2.98. The molecule has 0 bridgehead atoms. The van der Waals surface area contributed by atoms with Crippen LogP contribution in [0.3, 0.4) is 0 Å². The van der Waals surface area contributed by atoms with E-state index in [9.17, 15) is 10.0 Å². The third kappa shape index (κ3) is 1.69. The molecule has 1 rings (SSSR count). The van der Waals surface area contributed by atoms with Gasteiger partial charge >= 0.3 is 6.03 Å². The van der Waals surface area contributed by atoms with Gasteiger partial charge in [-0.1, -0.05) is 0 Å². The van der Waals surface area contributed by atoms with E-state index in [1.165, 1.54) is 0 Å². The Balaban J connectivity index is 2.89. The highest BCUT2D eigenvalue weighted by atomic mass is 16.5. The molecular weight excluding hydrogens is 172 g/mol. The number of hydroxylamine groups is 2. The number of likely N-dealkylation sites (N-methyl/N-ethyl adjacent to an activating group) is 1. The molecule has 3 N–H and O–H groups in total. The fraction of sp³-hybridized carbons (Fsp3) is 0.714. The van der Waals surface area contributed by atoms with Crippen LogP contribution in [0.15, 0.2) is 4.99 Å². The van der Waals surface area contributed by atoms with Crippen molar-refractivity contribution in [2.24, 2.45) is 10.7 Å². The van der Waals surface area contributed by atoms with Gasteiger partial charge < -0.3 is 5.73 Å². The molecule has 1 aliphatic heterocycles. The number of rotatable bonds is 3. The van der Waals surface area contributed by atoms with Crippen LogP contribution in [0.2, 0.25) is 0 Å². The van der Waals surface area contributed by atoms with E-state index in [-0.39, 0.29) is 17.2 Å². The zero-order chi connectivity index (χ0) is 9.90. The highest BCUT2D eigenvalue weighted by Crippen LogP contribution is 2.11. The Bertz CT molecular complexity index is 231. The van der Waals surface area contributed by atoms with Crippen molar-refractivity contribution in [1.82, 2.24) is 5.06 Å². The molecule has 74 valence electrons. The van der Waals surface area contributed by atoms with E-state index in [1.807, 2.05) is 6.92 Å². The van der Waals surface area contributed by atoms with Gasteiger partial charge in [-0.15, -0.1) is 0 Å². The van der Waals surface area contributed by atoms with Crippen molar-refractivity contribution in [2.45, 2.75) is 6.92 Å². The van der Waals surface area contributed by atoms with Gasteiger partial charge in [0.25, 0.3) is 0 Å². The lowest BCUT2D eigenvalue weighted by Crippen LogP contribution is -2.61. The lowest BCUT2D eigenvalue weighted by Gasteiger charge is -2.33. The van der Waals surface area contributed by atoms with Crippen LogP contribution in [0, 0.1) is 0 Å². The molecular formula is C7H15N4O2+. The molecule has 0 saturated carbocycles. The van der Waals surface area contributed by atoms with Crippen LogP contribution in [-0.2, 0) is 0 Å². The first-order valence-corrected chi connectivity index (χ1v) is 4.25. The largest absolute Gasteiger partial charge is 0.450 e. The van der Waals surface area contributed by atoms with Crippen LogP contribution in [0.1, 0.15) is 6.92 Å². The Labute approximate surface area is 76.8 Å². The third-order valence-corrected chi connectivity index (χ3v) is 2.21. The molecule has 0 radical (unpaired) electrons. The van der Waals surface area contributed by atoms with Gasteiger partial charge in [-0.2, -0.15) is 9.55 Å². The monoisotopic (exact) mass is 187 g/mol. The Morgan fingerprint density at radius 1 is 1.85 bits per heavy atom. The lowest BCUT2D eigenvalue weighted by molar-refractivity contribution is -0.757. The number of carbonyl (C=O) groups is 1. The number of quaternary nitrogens is 1. The quantitative estimate of drug-likeness (QED) is 0.465. The summed E-state index contributed by atoms with van der Waals surface area (Å²) in [6.45, 7) is 3.29. The molecule has 1 heterocycles. The molecule has 1 aliphatic rings. The van der Waals surface area contributed by atoms with Gasteiger partial charge in [0.15, 0.2) is 6.34 Å². The number of hydrogen-bond donors (Lipinski definition) is 2. The highest BCUT2D eigenvalue weighted by Gasteiger charge is 2.39. The Morgan fingerprint density at radius 3 is 3.08 bits per heavy atom. The third-order valence-electron chi connectivity index (χ3n) is 2.21. The van der Waals surface area contributed by atoms with Crippen molar-refractivity contribution >= 4 is 12.4 Å². The van der Waals surface area contributed by atoms with Gasteiger partial charge in [-0.3, -0.25) is 5.21 Å². The molecule has 0 aliphatic carbocycles. The number of nitrogens with zero attached hydrogens (tertiary/aromatic N) is 3. The van der Waals surface area contributed by atoms with E-state index >= 15 is 0 Å². The molecule has 0 spiro atoms. The molecule has 13 heavy (non-hydrogen) atoms. The SMILES string of the molecule is CC[N+]1(CCN)C=NCN(O)C1=O. The summed E-state index contributed by atoms with van der Waals surface area (Å²) in [5.41, 5.74) is 5.40. The Kier molecular flexibility index (Phi) is 2.97. The van der Waals surface area contributed by atoms with Crippen LogP contribution < -0.4 is 5.73 Å². The summed E-state index contributed by atoms with van der Waals surface area (Å²) in [7, 11) is 0. The first-order valence-electron chi connectivity index (χ1n) is 4.25. The molecule has 0 fully saturated rings. The van der Waals surface area contributed by atoms with Gasteiger partial charge in [-0.25, -0.2) is 9.79 Å². The first-order chi connectivity index (χ1) is 6.16. The predicted octanol–water partition coefficient (Wildman–Crippen LogP) is -0.408. The molecule has 0 aromatic heterocycles. The van der Waals surface area contributed by atoms with E-state index in [4.69, 9.17) is 5.73 Å². The summed E-state index contributed by atoms with van der Waals surface area (Å²) >= 11 is 0. The van der Waals surface area contributed by atoms with Gasteiger partial charge in [0.1, 0.15) is 13.2 Å². The standard InChI is InChI=1S/C7H15N4O2/c1-2-11(4-3-8)6-9-5-10(13)7(11)12/h6,13H,2-5,8H2,1H3/q+1. The lowest BCUT2D eigenvalue weighted by atomic mass is 10.4.